The van der Waals surface area contributed by atoms with E-state index in [-0.39, 0.29) is 12.1 Å². The Morgan fingerprint density at radius 3 is 2.45 bits per heavy atom. The summed E-state index contributed by atoms with van der Waals surface area (Å²) >= 11 is 0. The second-order valence-electron chi connectivity index (χ2n) is 6.87. The SMILES string of the molecule is O=C(OC1CCC2C3CCC(C3)C2C1)c1ccccc1. The van der Waals surface area contributed by atoms with Crippen molar-refractivity contribution in [1.82, 2.24) is 0 Å². The van der Waals surface area contributed by atoms with Crippen molar-refractivity contribution >= 4 is 5.97 Å². The Hall–Kier alpha value is -1.31. The maximum absolute atomic E-state index is 12.1. The molecule has 5 unspecified atom stereocenters. The number of carbonyl (C=O) groups excluding carboxylic acids is 1. The van der Waals surface area contributed by atoms with Gasteiger partial charge in [0.05, 0.1) is 5.56 Å². The number of hydrogen-bond acceptors (Lipinski definition) is 2. The van der Waals surface area contributed by atoms with Crippen LogP contribution in [0.1, 0.15) is 48.9 Å². The molecule has 0 radical (unpaired) electrons. The fraction of sp³-hybridized carbons (Fsp3) is 0.611. The lowest BCUT2D eigenvalue weighted by atomic mass is 9.70. The van der Waals surface area contributed by atoms with Crippen LogP contribution >= 0.6 is 0 Å². The van der Waals surface area contributed by atoms with Crippen LogP contribution in [0.25, 0.3) is 0 Å². The maximum atomic E-state index is 12.1. The van der Waals surface area contributed by atoms with Gasteiger partial charge in [0.25, 0.3) is 0 Å². The largest absolute Gasteiger partial charge is 0.459 e. The minimum Gasteiger partial charge on any atom is -0.459 e. The summed E-state index contributed by atoms with van der Waals surface area (Å²) < 4.78 is 5.75. The van der Waals surface area contributed by atoms with E-state index in [2.05, 4.69) is 0 Å². The maximum Gasteiger partial charge on any atom is 0.338 e. The molecular formula is C18H22O2. The Labute approximate surface area is 120 Å². The van der Waals surface area contributed by atoms with Crippen molar-refractivity contribution in [3.05, 3.63) is 35.9 Å². The van der Waals surface area contributed by atoms with E-state index >= 15 is 0 Å². The third-order valence-corrected chi connectivity index (χ3v) is 5.91. The molecule has 5 atom stereocenters. The van der Waals surface area contributed by atoms with Crippen molar-refractivity contribution in [2.75, 3.05) is 0 Å². The monoisotopic (exact) mass is 270 g/mol. The van der Waals surface area contributed by atoms with E-state index in [1.54, 1.807) is 0 Å². The van der Waals surface area contributed by atoms with Crippen molar-refractivity contribution in [3.63, 3.8) is 0 Å². The topological polar surface area (TPSA) is 26.3 Å². The number of carbonyl (C=O) groups is 1. The van der Waals surface area contributed by atoms with Crippen LogP contribution in [0.2, 0.25) is 0 Å². The number of esters is 1. The zero-order chi connectivity index (χ0) is 13.5. The van der Waals surface area contributed by atoms with Gasteiger partial charge in [-0.25, -0.2) is 4.79 Å². The van der Waals surface area contributed by atoms with Crippen molar-refractivity contribution in [2.24, 2.45) is 23.7 Å². The summed E-state index contributed by atoms with van der Waals surface area (Å²) in [6, 6.07) is 9.39. The minimum atomic E-state index is -0.141. The van der Waals surface area contributed by atoms with Crippen LogP contribution < -0.4 is 0 Å². The Morgan fingerprint density at radius 1 is 0.900 bits per heavy atom. The van der Waals surface area contributed by atoms with Gasteiger partial charge in [0, 0.05) is 0 Å². The van der Waals surface area contributed by atoms with Gasteiger partial charge in [0.1, 0.15) is 6.10 Å². The quantitative estimate of drug-likeness (QED) is 0.758. The molecule has 3 saturated carbocycles. The van der Waals surface area contributed by atoms with E-state index in [9.17, 15) is 4.79 Å². The highest BCUT2D eigenvalue weighted by molar-refractivity contribution is 5.89. The third kappa shape index (κ3) is 2.06. The summed E-state index contributed by atoms with van der Waals surface area (Å²) in [5.74, 6) is 3.58. The first kappa shape index (κ1) is 12.4. The highest BCUT2D eigenvalue weighted by atomic mass is 16.5. The summed E-state index contributed by atoms with van der Waals surface area (Å²) in [5, 5.41) is 0. The minimum absolute atomic E-state index is 0.141. The zero-order valence-corrected chi connectivity index (χ0v) is 11.8. The molecule has 3 fully saturated rings. The molecule has 1 aromatic carbocycles. The molecule has 0 spiro atoms. The van der Waals surface area contributed by atoms with E-state index in [0.29, 0.717) is 5.56 Å². The summed E-state index contributed by atoms with van der Waals surface area (Å²) in [6.45, 7) is 0. The van der Waals surface area contributed by atoms with Gasteiger partial charge in [0.2, 0.25) is 0 Å². The molecule has 0 aromatic heterocycles. The number of fused-ring (bicyclic) bond motifs is 5. The normalized spacial score (nSPS) is 38.5. The number of hydrogen-bond donors (Lipinski definition) is 0. The number of benzene rings is 1. The molecule has 2 heteroatoms. The Morgan fingerprint density at radius 2 is 1.65 bits per heavy atom. The fourth-order valence-electron chi connectivity index (χ4n) is 5.05. The van der Waals surface area contributed by atoms with E-state index in [1.165, 1.54) is 25.7 Å². The standard InChI is InChI=1S/C18H22O2/c19-18(12-4-2-1-3-5-12)20-15-8-9-16-13-6-7-14(10-13)17(16)11-15/h1-5,13-17H,6-11H2. The first-order chi connectivity index (χ1) is 9.81. The molecule has 1 aromatic rings. The predicted octanol–water partition coefficient (Wildman–Crippen LogP) is 4.06. The van der Waals surface area contributed by atoms with Gasteiger partial charge in [-0.15, -0.1) is 0 Å². The summed E-state index contributed by atoms with van der Waals surface area (Å²) in [4.78, 5) is 12.1. The Balaban J connectivity index is 1.40. The van der Waals surface area contributed by atoms with Crippen LogP contribution in [0.15, 0.2) is 30.3 Å². The molecular weight excluding hydrogens is 248 g/mol. The molecule has 0 heterocycles. The van der Waals surface area contributed by atoms with Gasteiger partial charge in [0.15, 0.2) is 0 Å². The van der Waals surface area contributed by atoms with Gasteiger partial charge < -0.3 is 4.74 Å². The van der Waals surface area contributed by atoms with Crippen molar-refractivity contribution in [3.8, 4) is 0 Å². The second-order valence-corrected chi connectivity index (χ2v) is 6.87. The molecule has 3 aliphatic carbocycles. The average molecular weight is 270 g/mol. The Kier molecular flexibility index (Phi) is 3.05. The first-order valence-corrected chi connectivity index (χ1v) is 8.07. The molecule has 0 saturated heterocycles. The lowest BCUT2D eigenvalue weighted by molar-refractivity contribution is -0.00296. The smallest absolute Gasteiger partial charge is 0.338 e. The van der Waals surface area contributed by atoms with Crippen LogP contribution in [0, 0.1) is 23.7 Å². The summed E-state index contributed by atoms with van der Waals surface area (Å²) in [6.07, 6.45) is 7.95. The molecule has 0 N–H and O–H groups in total. The number of rotatable bonds is 2. The second kappa shape index (κ2) is 4.91. The van der Waals surface area contributed by atoms with Gasteiger partial charge in [-0.05, 0) is 74.3 Å². The first-order valence-electron chi connectivity index (χ1n) is 8.07. The molecule has 106 valence electrons. The average Bonchev–Trinajstić information content (AvgIpc) is 3.10. The van der Waals surface area contributed by atoms with E-state index < -0.39 is 0 Å². The molecule has 2 bridgehead atoms. The van der Waals surface area contributed by atoms with Crippen LogP contribution in [-0.4, -0.2) is 12.1 Å². The van der Waals surface area contributed by atoms with Gasteiger partial charge >= 0.3 is 5.97 Å². The summed E-state index contributed by atoms with van der Waals surface area (Å²) in [7, 11) is 0. The molecule has 0 amide bonds. The van der Waals surface area contributed by atoms with E-state index in [0.717, 1.165) is 36.5 Å². The molecule has 2 nitrogen and oxygen atoms in total. The van der Waals surface area contributed by atoms with Gasteiger partial charge in [-0.1, -0.05) is 18.2 Å². The molecule has 0 aliphatic heterocycles. The molecule has 3 aliphatic rings. The lowest BCUT2D eigenvalue weighted by Gasteiger charge is -2.38. The lowest BCUT2D eigenvalue weighted by Crippen LogP contribution is -2.34. The molecule has 4 rings (SSSR count). The number of ether oxygens (including phenoxy) is 1. The van der Waals surface area contributed by atoms with E-state index in [4.69, 9.17) is 4.74 Å². The predicted molar refractivity (Wildman–Crippen MR) is 77.3 cm³/mol. The van der Waals surface area contributed by atoms with Crippen molar-refractivity contribution < 1.29 is 9.53 Å². The highest BCUT2D eigenvalue weighted by Gasteiger charge is 2.49. The van der Waals surface area contributed by atoms with Crippen LogP contribution in [0.4, 0.5) is 0 Å². The van der Waals surface area contributed by atoms with Crippen LogP contribution in [0.3, 0.4) is 0 Å². The van der Waals surface area contributed by atoms with Gasteiger partial charge in [-0.3, -0.25) is 0 Å². The highest BCUT2D eigenvalue weighted by Crippen LogP contribution is 2.57. The summed E-state index contributed by atoms with van der Waals surface area (Å²) in [5.41, 5.74) is 0.683. The van der Waals surface area contributed by atoms with Crippen molar-refractivity contribution in [2.45, 2.75) is 44.6 Å². The molecule has 20 heavy (non-hydrogen) atoms. The third-order valence-electron chi connectivity index (χ3n) is 5.91. The van der Waals surface area contributed by atoms with Crippen molar-refractivity contribution in [1.29, 1.82) is 0 Å². The van der Waals surface area contributed by atoms with E-state index in [1.807, 2.05) is 30.3 Å². The zero-order valence-electron chi connectivity index (χ0n) is 11.8. The van der Waals surface area contributed by atoms with Gasteiger partial charge in [-0.2, -0.15) is 0 Å². The Bertz CT molecular complexity index is 495. The fourth-order valence-corrected chi connectivity index (χ4v) is 5.05. The van der Waals surface area contributed by atoms with Crippen LogP contribution in [-0.2, 0) is 4.74 Å². The van der Waals surface area contributed by atoms with Crippen LogP contribution in [0.5, 0.6) is 0 Å².